The molecular weight excluding hydrogens is 403 g/mol. The van der Waals surface area contributed by atoms with Gasteiger partial charge < -0.3 is 10.1 Å². The van der Waals surface area contributed by atoms with Crippen molar-refractivity contribution < 1.29 is 13.9 Å². The standard InChI is InChI=1S/C22H21FN4O2S/c1-3-4-11-29-17-8-5-15(6-9-17)21(28)25-20-12-14(2)26-27(20)22-24-18-10-7-16(23)13-19(18)30-22/h5-10,12-13H,3-4,11H2,1-2H3,(H,25,28). The molecule has 8 heteroatoms. The molecule has 0 aliphatic heterocycles. The van der Waals surface area contributed by atoms with Gasteiger partial charge in [-0.25, -0.2) is 9.37 Å². The van der Waals surface area contributed by atoms with Crippen LogP contribution in [-0.2, 0) is 0 Å². The Morgan fingerprint density at radius 2 is 2.00 bits per heavy atom. The zero-order chi connectivity index (χ0) is 21.1. The molecule has 0 radical (unpaired) electrons. The van der Waals surface area contributed by atoms with Crippen molar-refractivity contribution in [3.05, 3.63) is 65.6 Å². The molecule has 0 atom stereocenters. The summed E-state index contributed by atoms with van der Waals surface area (Å²) in [6.45, 7) is 4.60. The van der Waals surface area contributed by atoms with Crippen molar-refractivity contribution in [1.82, 2.24) is 14.8 Å². The van der Waals surface area contributed by atoms with Crippen LogP contribution in [0, 0.1) is 12.7 Å². The van der Waals surface area contributed by atoms with Gasteiger partial charge in [-0.1, -0.05) is 24.7 Å². The second-order valence-corrected chi connectivity index (χ2v) is 7.88. The van der Waals surface area contributed by atoms with E-state index in [-0.39, 0.29) is 11.7 Å². The van der Waals surface area contributed by atoms with E-state index in [4.69, 9.17) is 4.74 Å². The highest BCUT2D eigenvalue weighted by Crippen LogP contribution is 2.28. The van der Waals surface area contributed by atoms with E-state index in [1.165, 1.54) is 23.5 Å². The SMILES string of the molecule is CCCCOc1ccc(C(=O)Nc2cc(C)nn2-c2nc3ccc(F)cc3s2)cc1. The topological polar surface area (TPSA) is 69.0 Å². The van der Waals surface area contributed by atoms with Gasteiger partial charge in [-0.15, -0.1) is 0 Å². The van der Waals surface area contributed by atoms with Gasteiger partial charge in [0.05, 0.1) is 22.5 Å². The van der Waals surface area contributed by atoms with Crippen LogP contribution in [0.2, 0.25) is 0 Å². The Hall–Kier alpha value is -3.26. The van der Waals surface area contributed by atoms with Crippen LogP contribution in [0.25, 0.3) is 15.3 Å². The Kier molecular flexibility index (Phi) is 5.76. The monoisotopic (exact) mass is 424 g/mol. The van der Waals surface area contributed by atoms with E-state index in [1.807, 2.05) is 6.92 Å². The molecule has 2 aromatic heterocycles. The van der Waals surface area contributed by atoms with Crippen molar-refractivity contribution in [3.8, 4) is 10.9 Å². The predicted molar refractivity (Wildman–Crippen MR) is 116 cm³/mol. The molecule has 154 valence electrons. The number of carbonyl (C=O) groups excluding carboxylic acids is 1. The average Bonchev–Trinajstić information content (AvgIpc) is 3.31. The van der Waals surface area contributed by atoms with Gasteiger partial charge in [0.25, 0.3) is 5.91 Å². The highest BCUT2D eigenvalue weighted by Gasteiger charge is 2.16. The lowest BCUT2D eigenvalue weighted by atomic mass is 10.2. The molecule has 1 amide bonds. The summed E-state index contributed by atoms with van der Waals surface area (Å²) in [4.78, 5) is 17.2. The molecule has 0 unspecified atom stereocenters. The van der Waals surface area contributed by atoms with E-state index in [9.17, 15) is 9.18 Å². The van der Waals surface area contributed by atoms with E-state index in [2.05, 4.69) is 22.3 Å². The minimum absolute atomic E-state index is 0.261. The number of amides is 1. The number of nitrogens with zero attached hydrogens (tertiary/aromatic N) is 3. The second kappa shape index (κ2) is 8.62. The molecule has 4 aromatic rings. The fourth-order valence-electron chi connectivity index (χ4n) is 2.94. The largest absolute Gasteiger partial charge is 0.494 e. The molecule has 0 saturated carbocycles. The molecule has 0 spiro atoms. The van der Waals surface area contributed by atoms with Gasteiger partial charge in [-0.05, 0) is 55.8 Å². The number of carbonyl (C=O) groups is 1. The first kappa shape index (κ1) is 20.0. The lowest BCUT2D eigenvalue weighted by Crippen LogP contribution is -2.15. The lowest BCUT2D eigenvalue weighted by molar-refractivity contribution is 0.102. The summed E-state index contributed by atoms with van der Waals surface area (Å²) >= 11 is 1.31. The number of benzene rings is 2. The number of halogens is 1. The van der Waals surface area contributed by atoms with Crippen LogP contribution >= 0.6 is 11.3 Å². The summed E-state index contributed by atoms with van der Waals surface area (Å²) < 4.78 is 21.4. The van der Waals surface area contributed by atoms with Crippen molar-refractivity contribution in [2.75, 3.05) is 11.9 Å². The first-order valence-electron chi connectivity index (χ1n) is 9.71. The van der Waals surface area contributed by atoms with Gasteiger partial charge >= 0.3 is 0 Å². The first-order chi connectivity index (χ1) is 14.5. The van der Waals surface area contributed by atoms with Crippen molar-refractivity contribution in [3.63, 3.8) is 0 Å². The normalized spacial score (nSPS) is 11.0. The number of anilines is 1. The Balaban J connectivity index is 1.54. The number of hydrogen-bond acceptors (Lipinski definition) is 5. The number of thiazole rings is 1. The Labute approximate surface area is 177 Å². The number of nitrogens with one attached hydrogen (secondary N) is 1. The quantitative estimate of drug-likeness (QED) is 0.406. The van der Waals surface area contributed by atoms with Crippen molar-refractivity contribution >= 4 is 33.3 Å². The maximum Gasteiger partial charge on any atom is 0.256 e. The summed E-state index contributed by atoms with van der Waals surface area (Å²) in [5.41, 5.74) is 1.92. The Morgan fingerprint density at radius 1 is 1.20 bits per heavy atom. The number of ether oxygens (including phenoxy) is 1. The van der Waals surface area contributed by atoms with Gasteiger partial charge in [-0.3, -0.25) is 4.79 Å². The van der Waals surface area contributed by atoms with Crippen LogP contribution in [0.15, 0.2) is 48.5 Å². The minimum atomic E-state index is -0.315. The molecule has 2 aromatic carbocycles. The molecule has 1 N–H and O–H groups in total. The van der Waals surface area contributed by atoms with Gasteiger partial charge in [0, 0.05) is 11.6 Å². The number of aryl methyl sites for hydroxylation is 1. The van der Waals surface area contributed by atoms with E-state index in [1.54, 1.807) is 41.1 Å². The average molecular weight is 425 g/mol. The summed E-state index contributed by atoms with van der Waals surface area (Å²) in [5, 5.41) is 7.88. The van der Waals surface area contributed by atoms with Crippen molar-refractivity contribution in [2.45, 2.75) is 26.7 Å². The third kappa shape index (κ3) is 4.33. The van der Waals surface area contributed by atoms with Crippen LogP contribution in [-0.4, -0.2) is 27.3 Å². The number of rotatable bonds is 7. The molecule has 6 nitrogen and oxygen atoms in total. The zero-order valence-corrected chi connectivity index (χ0v) is 17.5. The van der Waals surface area contributed by atoms with Crippen molar-refractivity contribution in [2.24, 2.45) is 0 Å². The first-order valence-corrected chi connectivity index (χ1v) is 10.5. The van der Waals surface area contributed by atoms with Gasteiger partial charge in [0.2, 0.25) is 5.13 Å². The lowest BCUT2D eigenvalue weighted by Gasteiger charge is -2.08. The molecule has 0 bridgehead atoms. The fourth-order valence-corrected chi connectivity index (χ4v) is 3.89. The maximum absolute atomic E-state index is 13.5. The molecule has 0 fully saturated rings. The number of unbranched alkanes of at least 4 members (excludes halogenated alkanes) is 1. The van der Waals surface area contributed by atoms with Gasteiger partial charge in [0.15, 0.2) is 0 Å². The summed E-state index contributed by atoms with van der Waals surface area (Å²) in [6, 6.07) is 13.2. The molecule has 30 heavy (non-hydrogen) atoms. The predicted octanol–water partition coefficient (Wildman–Crippen LogP) is 5.36. The molecular formula is C22H21FN4O2S. The Bertz CT molecular complexity index is 1180. The summed E-state index contributed by atoms with van der Waals surface area (Å²) in [6.07, 6.45) is 2.06. The zero-order valence-electron chi connectivity index (χ0n) is 16.7. The van der Waals surface area contributed by atoms with Gasteiger partial charge in [-0.2, -0.15) is 9.78 Å². The van der Waals surface area contributed by atoms with Crippen molar-refractivity contribution in [1.29, 1.82) is 0 Å². The molecule has 2 heterocycles. The van der Waals surface area contributed by atoms with Crippen LogP contribution in [0.4, 0.5) is 10.2 Å². The van der Waals surface area contributed by atoms with Crippen LogP contribution in [0.5, 0.6) is 5.75 Å². The van der Waals surface area contributed by atoms with Gasteiger partial charge in [0.1, 0.15) is 17.4 Å². The van der Waals surface area contributed by atoms with E-state index in [0.29, 0.717) is 33.3 Å². The van der Waals surface area contributed by atoms with Crippen LogP contribution in [0.1, 0.15) is 35.8 Å². The minimum Gasteiger partial charge on any atom is -0.494 e. The third-order valence-electron chi connectivity index (χ3n) is 4.48. The molecule has 4 rings (SSSR count). The molecule has 0 saturated heterocycles. The van der Waals surface area contributed by atoms with Crippen LogP contribution < -0.4 is 10.1 Å². The fraction of sp³-hybridized carbons (Fsp3) is 0.227. The number of fused-ring (bicyclic) bond motifs is 1. The Morgan fingerprint density at radius 3 is 2.77 bits per heavy atom. The van der Waals surface area contributed by atoms with E-state index in [0.717, 1.165) is 24.3 Å². The van der Waals surface area contributed by atoms with Crippen LogP contribution in [0.3, 0.4) is 0 Å². The smallest absolute Gasteiger partial charge is 0.256 e. The number of hydrogen-bond donors (Lipinski definition) is 1. The second-order valence-electron chi connectivity index (χ2n) is 6.87. The molecule has 0 aliphatic carbocycles. The molecule has 0 aliphatic rings. The summed E-state index contributed by atoms with van der Waals surface area (Å²) in [5.74, 6) is 0.663. The number of aromatic nitrogens is 3. The summed E-state index contributed by atoms with van der Waals surface area (Å²) in [7, 11) is 0. The highest BCUT2D eigenvalue weighted by atomic mass is 32.1. The van der Waals surface area contributed by atoms with E-state index < -0.39 is 0 Å². The highest BCUT2D eigenvalue weighted by molar-refractivity contribution is 7.20. The van der Waals surface area contributed by atoms with E-state index >= 15 is 0 Å². The third-order valence-corrected chi connectivity index (χ3v) is 5.47. The maximum atomic E-state index is 13.5.